The normalized spacial score (nSPS) is 10.8. The summed E-state index contributed by atoms with van der Waals surface area (Å²) in [6.07, 6.45) is 0. The van der Waals surface area contributed by atoms with Crippen LogP contribution in [0.15, 0.2) is 71.6 Å². The highest BCUT2D eigenvalue weighted by molar-refractivity contribution is 7.92. The van der Waals surface area contributed by atoms with E-state index in [9.17, 15) is 18.0 Å². The van der Waals surface area contributed by atoms with Gasteiger partial charge < -0.3 is 19.9 Å². The van der Waals surface area contributed by atoms with Crippen molar-refractivity contribution in [1.82, 2.24) is 0 Å². The number of carboxylic acid groups (broad SMARTS) is 1. The van der Waals surface area contributed by atoms with Crippen molar-refractivity contribution in [2.45, 2.75) is 4.90 Å². The maximum absolute atomic E-state index is 12.9. The minimum atomic E-state index is -4.13. The van der Waals surface area contributed by atoms with Crippen LogP contribution >= 0.6 is 11.6 Å². The van der Waals surface area contributed by atoms with Crippen molar-refractivity contribution in [3.8, 4) is 11.5 Å². The number of methoxy groups -OCH3 is 1. The molecule has 0 spiro atoms. The highest BCUT2D eigenvalue weighted by Gasteiger charge is 2.20. The molecule has 0 heterocycles. The van der Waals surface area contributed by atoms with Gasteiger partial charge in [0.15, 0.2) is 6.61 Å². The second-order valence-corrected chi connectivity index (χ2v) is 8.70. The fraction of sp³-hybridized carbons (Fsp3) is 0.0909. The van der Waals surface area contributed by atoms with Gasteiger partial charge in [0.2, 0.25) is 0 Å². The first-order valence-corrected chi connectivity index (χ1v) is 11.3. The highest BCUT2D eigenvalue weighted by Crippen LogP contribution is 2.29. The van der Waals surface area contributed by atoms with Crippen LogP contribution in [-0.4, -0.2) is 39.1 Å². The molecular formula is C22H19ClN2O7S. The van der Waals surface area contributed by atoms with E-state index < -0.39 is 28.5 Å². The topological polar surface area (TPSA) is 131 Å². The molecule has 0 unspecified atom stereocenters. The Morgan fingerprint density at radius 1 is 1.03 bits per heavy atom. The first-order chi connectivity index (χ1) is 15.7. The van der Waals surface area contributed by atoms with Crippen LogP contribution in [0.2, 0.25) is 5.02 Å². The molecule has 3 N–H and O–H groups in total. The van der Waals surface area contributed by atoms with Crippen LogP contribution in [-0.2, 0) is 14.8 Å². The number of carbonyl (C=O) groups excluding carboxylic acids is 1. The summed E-state index contributed by atoms with van der Waals surface area (Å²) in [4.78, 5) is 23.2. The van der Waals surface area contributed by atoms with E-state index in [1.165, 1.54) is 31.4 Å². The number of rotatable bonds is 9. The van der Waals surface area contributed by atoms with Crippen LogP contribution in [0, 0.1) is 0 Å². The summed E-state index contributed by atoms with van der Waals surface area (Å²) in [5.74, 6) is -1.16. The number of carbonyl (C=O) groups is 2. The predicted octanol–water partition coefficient (Wildman–Crippen LogP) is 3.87. The smallest absolute Gasteiger partial charge is 0.341 e. The average Bonchev–Trinajstić information content (AvgIpc) is 2.78. The molecule has 172 valence electrons. The number of hydrogen-bond acceptors (Lipinski definition) is 6. The lowest BCUT2D eigenvalue weighted by molar-refractivity contribution is -0.139. The lowest BCUT2D eigenvalue weighted by Crippen LogP contribution is -2.18. The Labute approximate surface area is 195 Å². The molecule has 0 atom stereocenters. The molecule has 0 saturated carbocycles. The fourth-order valence-electron chi connectivity index (χ4n) is 2.78. The summed E-state index contributed by atoms with van der Waals surface area (Å²) in [5.41, 5.74) is 0.623. The number of nitrogens with one attached hydrogen (secondary N) is 2. The van der Waals surface area contributed by atoms with Gasteiger partial charge in [0.05, 0.1) is 28.3 Å². The summed E-state index contributed by atoms with van der Waals surface area (Å²) in [6, 6.07) is 16.4. The second-order valence-electron chi connectivity index (χ2n) is 6.61. The van der Waals surface area contributed by atoms with Gasteiger partial charge in [0.1, 0.15) is 11.5 Å². The van der Waals surface area contributed by atoms with E-state index in [-0.39, 0.29) is 26.9 Å². The van der Waals surface area contributed by atoms with E-state index in [0.717, 1.165) is 6.07 Å². The summed E-state index contributed by atoms with van der Waals surface area (Å²) in [6.45, 7) is -0.625. The molecule has 0 saturated heterocycles. The molecule has 0 fully saturated rings. The first kappa shape index (κ1) is 23.9. The molecule has 1 amide bonds. The molecule has 0 radical (unpaired) electrons. The number of amides is 1. The minimum absolute atomic E-state index is 0.0242. The Bertz CT molecular complexity index is 1300. The predicted molar refractivity (Wildman–Crippen MR) is 123 cm³/mol. The fourth-order valence-corrected chi connectivity index (χ4v) is 4.18. The Kier molecular flexibility index (Phi) is 7.41. The van der Waals surface area contributed by atoms with Gasteiger partial charge in [-0.2, -0.15) is 0 Å². The Morgan fingerprint density at radius 3 is 2.48 bits per heavy atom. The number of benzene rings is 3. The van der Waals surface area contributed by atoms with Gasteiger partial charge >= 0.3 is 5.97 Å². The molecule has 0 aromatic heterocycles. The summed E-state index contributed by atoms with van der Waals surface area (Å²) < 4.78 is 38.3. The monoisotopic (exact) mass is 490 g/mol. The molecule has 33 heavy (non-hydrogen) atoms. The largest absolute Gasteiger partial charge is 0.497 e. The third-order valence-electron chi connectivity index (χ3n) is 4.31. The Balaban J connectivity index is 1.82. The zero-order chi connectivity index (χ0) is 24.0. The SMILES string of the molecule is COc1cccc(NC(=O)c2ccccc2NS(=O)(=O)c2ccc(OCC(=O)O)c(Cl)c2)c1. The highest BCUT2D eigenvalue weighted by atomic mass is 35.5. The van der Waals surface area contributed by atoms with Gasteiger partial charge in [-0.1, -0.05) is 29.8 Å². The van der Waals surface area contributed by atoms with Gasteiger partial charge in [-0.05, 0) is 42.5 Å². The Hall–Kier alpha value is -3.76. The second kappa shape index (κ2) is 10.2. The standard InChI is InChI=1S/C22H19ClN2O7S/c1-31-15-6-4-5-14(11-15)24-22(28)17-7-2-3-8-19(17)25-33(29,30)16-9-10-20(18(23)12-16)32-13-21(26)27/h2-12,25H,13H2,1H3,(H,24,28)(H,26,27). The number of para-hydroxylation sites is 1. The van der Waals surface area contributed by atoms with Crippen molar-refractivity contribution in [2.24, 2.45) is 0 Å². The van der Waals surface area contributed by atoms with Crippen LogP contribution in [0.1, 0.15) is 10.4 Å². The van der Waals surface area contributed by atoms with Gasteiger partial charge in [0, 0.05) is 11.8 Å². The van der Waals surface area contributed by atoms with Crippen LogP contribution < -0.4 is 19.5 Å². The summed E-state index contributed by atoms with van der Waals surface area (Å²) in [7, 11) is -2.63. The van der Waals surface area contributed by atoms with Crippen molar-refractivity contribution in [1.29, 1.82) is 0 Å². The van der Waals surface area contributed by atoms with E-state index in [1.54, 1.807) is 36.4 Å². The molecule has 3 aromatic rings. The zero-order valence-corrected chi connectivity index (χ0v) is 18.8. The maximum atomic E-state index is 12.9. The molecular weight excluding hydrogens is 472 g/mol. The number of carboxylic acids is 1. The first-order valence-electron chi connectivity index (χ1n) is 9.41. The van der Waals surface area contributed by atoms with E-state index >= 15 is 0 Å². The molecule has 3 aromatic carbocycles. The third kappa shape index (κ3) is 6.15. The minimum Gasteiger partial charge on any atom is -0.497 e. The molecule has 3 rings (SSSR count). The maximum Gasteiger partial charge on any atom is 0.341 e. The van der Waals surface area contributed by atoms with Crippen LogP contribution in [0.25, 0.3) is 0 Å². The lowest BCUT2D eigenvalue weighted by Gasteiger charge is -2.14. The summed E-state index contributed by atoms with van der Waals surface area (Å²) >= 11 is 6.03. The van der Waals surface area contributed by atoms with Crippen LogP contribution in [0.5, 0.6) is 11.5 Å². The average molecular weight is 491 g/mol. The van der Waals surface area contributed by atoms with Gasteiger partial charge in [0.25, 0.3) is 15.9 Å². The van der Waals surface area contributed by atoms with Crippen molar-refractivity contribution < 1.29 is 32.6 Å². The molecule has 11 heteroatoms. The number of anilines is 2. The van der Waals surface area contributed by atoms with Gasteiger partial charge in [-0.3, -0.25) is 9.52 Å². The Morgan fingerprint density at radius 2 is 1.79 bits per heavy atom. The zero-order valence-electron chi connectivity index (χ0n) is 17.2. The summed E-state index contributed by atoms with van der Waals surface area (Å²) in [5, 5.41) is 11.3. The lowest BCUT2D eigenvalue weighted by atomic mass is 10.1. The van der Waals surface area contributed by atoms with Crippen molar-refractivity contribution in [3.63, 3.8) is 0 Å². The van der Waals surface area contributed by atoms with E-state index in [2.05, 4.69) is 10.0 Å². The molecule has 0 bridgehead atoms. The van der Waals surface area contributed by atoms with Crippen molar-refractivity contribution in [3.05, 3.63) is 77.3 Å². The number of halogens is 1. The van der Waals surface area contributed by atoms with E-state index in [1.807, 2.05) is 0 Å². The number of ether oxygens (including phenoxy) is 2. The molecule has 9 nitrogen and oxygen atoms in total. The molecule has 0 aliphatic heterocycles. The van der Waals surface area contributed by atoms with Crippen molar-refractivity contribution in [2.75, 3.05) is 23.8 Å². The number of sulfonamides is 1. The van der Waals surface area contributed by atoms with E-state index in [0.29, 0.717) is 11.4 Å². The quantitative estimate of drug-likeness (QED) is 0.415. The van der Waals surface area contributed by atoms with Gasteiger partial charge in [-0.25, -0.2) is 13.2 Å². The number of aliphatic carboxylic acids is 1. The van der Waals surface area contributed by atoms with Crippen molar-refractivity contribution >= 4 is 44.9 Å². The number of hydrogen-bond donors (Lipinski definition) is 3. The van der Waals surface area contributed by atoms with E-state index in [4.69, 9.17) is 26.2 Å². The van der Waals surface area contributed by atoms with Crippen LogP contribution in [0.4, 0.5) is 11.4 Å². The molecule has 0 aliphatic rings. The van der Waals surface area contributed by atoms with Gasteiger partial charge in [-0.15, -0.1) is 0 Å². The third-order valence-corrected chi connectivity index (χ3v) is 5.97. The molecule has 0 aliphatic carbocycles. The van der Waals surface area contributed by atoms with Crippen LogP contribution in [0.3, 0.4) is 0 Å².